The Balaban J connectivity index is 2.05. The minimum atomic E-state index is -0.337. The first kappa shape index (κ1) is 14.9. The van der Waals surface area contributed by atoms with Gasteiger partial charge in [-0.2, -0.15) is 0 Å². The van der Waals surface area contributed by atoms with Gasteiger partial charge in [0.25, 0.3) is 0 Å². The lowest BCUT2D eigenvalue weighted by Crippen LogP contribution is -2.07. The van der Waals surface area contributed by atoms with Crippen molar-refractivity contribution in [1.29, 1.82) is 0 Å². The lowest BCUT2D eigenvalue weighted by Gasteiger charge is -2.07. The third-order valence-corrected chi connectivity index (χ3v) is 2.90. The highest BCUT2D eigenvalue weighted by atomic mass is 16.5. The van der Waals surface area contributed by atoms with Gasteiger partial charge in [0, 0.05) is 0 Å². The van der Waals surface area contributed by atoms with E-state index in [1.807, 2.05) is 55.5 Å². The maximum absolute atomic E-state index is 12.2. The first-order chi connectivity index (χ1) is 10.3. The summed E-state index contributed by atoms with van der Waals surface area (Å²) in [5, 5.41) is 0. The van der Waals surface area contributed by atoms with Crippen molar-refractivity contribution >= 4 is 12.0 Å². The smallest absolute Gasteiger partial charge is 0.339 e. The van der Waals surface area contributed by atoms with Crippen molar-refractivity contribution in [3.8, 4) is 0 Å². The molecule has 3 heteroatoms. The fourth-order valence-corrected chi connectivity index (χ4v) is 1.85. The lowest BCUT2D eigenvalue weighted by atomic mass is 10.1. The van der Waals surface area contributed by atoms with Crippen molar-refractivity contribution < 1.29 is 14.3 Å². The predicted octanol–water partition coefficient (Wildman–Crippen LogP) is 4.05. The Morgan fingerprint density at radius 2 is 1.76 bits per heavy atom. The van der Waals surface area contributed by atoms with E-state index < -0.39 is 0 Å². The second kappa shape index (κ2) is 7.90. The molecule has 0 saturated carbocycles. The molecular formula is C18H18O3. The number of carbonyl (C=O) groups is 1. The van der Waals surface area contributed by atoms with Crippen LogP contribution in [0.3, 0.4) is 0 Å². The Hall–Kier alpha value is -2.55. The molecule has 0 unspecified atom stereocenters. The van der Waals surface area contributed by atoms with Crippen LogP contribution in [-0.4, -0.2) is 12.6 Å². The summed E-state index contributed by atoms with van der Waals surface area (Å²) in [5.41, 5.74) is 2.28. The van der Waals surface area contributed by atoms with Crippen LogP contribution in [0.25, 0.3) is 6.08 Å². The maximum Gasteiger partial charge on any atom is 0.339 e. The van der Waals surface area contributed by atoms with E-state index >= 15 is 0 Å². The van der Waals surface area contributed by atoms with Gasteiger partial charge in [0.05, 0.1) is 18.4 Å². The molecule has 0 radical (unpaired) electrons. The topological polar surface area (TPSA) is 35.5 Å². The second-order valence-electron chi connectivity index (χ2n) is 4.41. The molecule has 0 aliphatic rings. The van der Waals surface area contributed by atoms with Gasteiger partial charge >= 0.3 is 5.97 Å². The van der Waals surface area contributed by atoms with Gasteiger partial charge in [0.2, 0.25) is 0 Å². The largest absolute Gasteiger partial charge is 0.501 e. The predicted molar refractivity (Wildman–Crippen MR) is 82.7 cm³/mol. The fourth-order valence-electron chi connectivity index (χ4n) is 1.85. The number of ether oxygens (including phenoxy) is 2. The number of benzene rings is 2. The van der Waals surface area contributed by atoms with Gasteiger partial charge in [-0.05, 0) is 30.2 Å². The standard InChI is InChI=1S/C18H18O3/c1-2-20-13-12-16-10-6-7-11-17(16)18(19)21-14-15-8-4-3-5-9-15/h3-13H,2,14H2,1H3. The first-order valence-electron chi connectivity index (χ1n) is 6.89. The molecule has 3 nitrogen and oxygen atoms in total. The highest BCUT2D eigenvalue weighted by Crippen LogP contribution is 2.13. The molecule has 0 aliphatic heterocycles. The van der Waals surface area contributed by atoms with E-state index in [0.29, 0.717) is 12.2 Å². The number of hydrogen-bond acceptors (Lipinski definition) is 3. The molecule has 2 aromatic carbocycles. The Kier molecular flexibility index (Phi) is 5.59. The SMILES string of the molecule is CCOC=Cc1ccccc1C(=O)OCc1ccccc1. The second-order valence-corrected chi connectivity index (χ2v) is 4.41. The van der Waals surface area contributed by atoms with Gasteiger partial charge in [-0.25, -0.2) is 4.79 Å². The van der Waals surface area contributed by atoms with Crippen LogP contribution in [0.2, 0.25) is 0 Å². The van der Waals surface area contributed by atoms with E-state index in [2.05, 4.69) is 0 Å². The molecular weight excluding hydrogens is 264 g/mol. The van der Waals surface area contributed by atoms with E-state index in [1.165, 1.54) is 0 Å². The van der Waals surface area contributed by atoms with Crippen LogP contribution in [0, 0.1) is 0 Å². The van der Waals surface area contributed by atoms with E-state index in [4.69, 9.17) is 9.47 Å². The van der Waals surface area contributed by atoms with E-state index in [0.717, 1.165) is 11.1 Å². The van der Waals surface area contributed by atoms with Crippen molar-refractivity contribution in [1.82, 2.24) is 0 Å². The molecule has 0 atom stereocenters. The van der Waals surface area contributed by atoms with Crippen molar-refractivity contribution in [2.24, 2.45) is 0 Å². The Bertz CT molecular complexity index is 603. The van der Waals surface area contributed by atoms with E-state index in [-0.39, 0.29) is 12.6 Å². The van der Waals surface area contributed by atoms with Gasteiger partial charge < -0.3 is 9.47 Å². The van der Waals surface area contributed by atoms with Crippen LogP contribution < -0.4 is 0 Å². The summed E-state index contributed by atoms with van der Waals surface area (Å²) in [5.74, 6) is -0.337. The molecule has 2 aromatic rings. The average Bonchev–Trinajstić information content (AvgIpc) is 2.54. The monoisotopic (exact) mass is 282 g/mol. The normalized spacial score (nSPS) is 10.5. The minimum absolute atomic E-state index is 0.267. The van der Waals surface area contributed by atoms with Crippen LogP contribution in [-0.2, 0) is 16.1 Å². The summed E-state index contributed by atoms with van der Waals surface area (Å²) in [6, 6.07) is 16.9. The molecule has 108 valence electrons. The Morgan fingerprint density at radius 3 is 2.52 bits per heavy atom. The van der Waals surface area contributed by atoms with Crippen LogP contribution in [0.4, 0.5) is 0 Å². The first-order valence-corrected chi connectivity index (χ1v) is 6.89. The third-order valence-electron chi connectivity index (χ3n) is 2.90. The van der Waals surface area contributed by atoms with Gasteiger partial charge in [-0.1, -0.05) is 48.5 Å². The zero-order valence-corrected chi connectivity index (χ0v) is 12.0. The van der Waals surface area contributed by atoms with Crippen molar-refractivity contribution in [3.05, 3.63) is 77.5 Å². The zero-order valence-electron chi connectivity index (χ0n) is 12.0. The summed E-state index contributed by atoms with van der Waals surface area (Å²) >= 11 is 0. The highest BCUT2D eigenvalue weighted by Gasteiger charge is 2.10. The number of rotatable bonds is 6. The average molecular weight is 282 g/mol. The molecule has 0 heterocycles. The zero-order chi connectivity index (χ0) is 14.9. The van der Waals surface area contributed by atoms with E-state index in [1.54, 1.807) is 18.4 Å². The summed E-state index contributed by atoms with van der Waals surface area (Å²) in [7, 11) is 0. The quantitative estimate of drug-likeness (QED) is 0.592. The number of esters is 1. The molecule has 0 aliphatic carbocycles. The summed E-state index contributed by atoms with van der Waals surface area (Å²) in [6.07, 6.45) is 3.35. The molecule has 0 bridgehead atoms. The Morgan fingerprint density at radius 1 is 1.05 bits per heavy atom. The van der Waals surface area contributed by atoms with Crippen molar-refractivity contribution in [2.75, 3.05) is 6.61 Å². The van der Waals surface area contributed by atoms with Crippen LogP contribution >= 0.6 is 0 Å². The van der Waals surface area contributed by atoms with Gasteiger partial charge in [0.1, 0.15) is 6.61 Å². The molecule has 0 saturated heterocycles. The van der Waals surface area contributed by atoms with Crippen LogP contribution in [0.5, 0.6) is 0 Å². The number of carbonyl (C=O) groups excluding carboxylic acids is 1. The van der Waals surface area contributed by atoms with Crippen LogP contribution in [0.1, 0.15) is 28.4 Å². The maximum atomic E-state index is 12.2. The summed E-state index contributed by atoms with van der Waals surface area (Å²) < 4.78 is 10.5. The molecule has 2 rings (SSSR count). The third kappa shape index (κ3) is 4.49. The highest BCUT2D eigenvalue weighted by molar-refractivity contribution is 5.93. The minimum Gasteiger partial charge on any atom is -0.501 e. The van der Waals surface area contributed by atoms with Crippen molar-refractivity contribution in [2.45, 2.75) is 13.5 Å². The van der Waals surface area contributed by atoms with Crippen LogP contribution in [0.15, 0.2) is 60.9 Å². The fraction of sp³-hybridized carbons (Fsp3) is 0.167. The molecule has 0 aromatic heterocycles. The summed E-state index contributed by atoms with van der Waals surface area (Å²) in [4.78, 5) is 12.2. The lowest BCUT2D eigenvalue weighted by molar-refractivity contribution is 0.0472. The molecule has 21 heavy (non-hydrogen) atoms. The molecule has 0 N–H and O–H groups in total. The Labute approximate surface area is 124 Å². The summed E-state index contributed by atoms with van der Waals surface area (Å²) in [6.45, 7) is 2.77. The van der Waals surface area contributed by atoms with Gasteiger partial charge in [0.15, 0.2) is 0 Å². The molecule has 0 amide bonds. The van der Waals surface area contributed by atoms with E-state index in [9.17, 15) is 4.79 Å². The number of hydrogen-bond donors (Lipinski definition) is 0. The van der Waals surface area contributed by atoms with Gasteiger partial charge in [-0.3, -0.25) is 0 Å². The molecule has 0 spiro atoms. The van der Waals surface area contributed by atoms with Gasteiger partial charge in [-0.15, -0.1) is 0 Å². The van der Waals surface area contributed by atoms with Crippen molar-refractivity contribution in [3.63, 3.8) is 0 Å². The molecule has 0 fully saturated rings.